The molecule has 19 heavy (non-hydrogen) atoms. The second kappa shape index (κ2) is 6.18. The van der Waals surface area contributed by atoms with E-state index in [-0.39, 0.29) is 5.91 Å². The summed E-state index contributed by atoms with van der Waals surface area (Å²) in [7, 11) is 0. The fourth-order valence-electron chi connectivity index (χ4n) is 2.24. The van der Waals surface area contributed by atoms with Gasteiger partial charge in [0.25, 0.3) is 5.91 Å². The van der Waals surface area contributed by atoms with Gasteiger partial charge in [0.05, 0.1) is 0 Å². The molecule has 1 aromatic carbocycles. The van der Waals surface area contributed by atoms with Crippen molar-refractivity contribution in [3.8, 4) is 0 Å². The molecule has 1 fully saturated rings. The number of benzene rings is 1. The van der Waals surface area contributed by atoms with Crippen LogP contribution in [0.2, 0.25) is 0 Å². The van der Waals surface area contributed by atoms with E-state index in [9.17, 15) is 4.79 Å². The number of nitrogens with zero attached hydrogens (tertiary/aromatic N) is 1. The van der Waals surface area contributed by atoms with Crippen molar-refractivity contribution < 1.29 is 4.79 Å². The Bertz CT molecular complexity index is 493. The lowest BCUT2D eigenvalue weighted by Crippen LogP contribution is -2.42. The first-order chi connectivity index (χ1) is 9.02. The summed E-state index contributed by atoms with van der Waals surface area (Å²) in [6.45, 7) is 5.75. The van der Waals surface area contributed by atoms with Crippen molar-refractivity contribution in [2.75, 3.05) is 24.6 Å². The number of nitrogen functional groups attached to an aromatic ring is 1. The van der Waals surface area contributed by atoms with Crippen LogP contribution in [0.4, 0.5) is 5.69 Å². The van der Waals surface area contributed by atoms with Gasteiger partial charge in [-0.05, 0) is 31.0 Å². The van der Waals surface area contributed by atoms with Crippen LogP contribution < -0.4 is 5.73 Å². The van der Waals surface area contributed by atoms with E-state index in [2.05, 4.69) is 22.9 Å². The smallest absolute Gasteiger partial charge is 0.254 e. The van der Waals surface area contributed by atoms with Crippen LogP contribution >= 0.6 is 27.7 Å². The van der Waals surface area contributed by atoms with E-state index in [4.69, 9.17) is 5.73 Å². The lowest BCUT2D eigenvalue weighted by atomic mass is 10.1. The maximum absolute atomic E-state index is 12.6. The van der Waals surface area contributed by atoms with Crippen molar-refractivity contribution >= 4 is 39.3 Å². The molecular formula is C14H19BrN2OS. The number of carbonyl (C=O) groups excluding carboxylic acids is 1. The second-order valence-corrected chi connectivity index (χ2v) is 7.14. The molecule has 0 bridgehead atoms. The Hall–Kier alpha value is -0.680. The molecule has 104 valence electrons. The minimum atomic E-state index is 0.101. The van der Waals surface area contributed by atoms with Gasteiger partial charge >= 0.3 is 0 Å². The zero-order valence-electron chi connectivity index (χ0n) is 11.3. The number of amides is 1. The van der Waals surface area contributed by atoms with Gasteiger partial charge in [0.1, 0.15) is 0 Å². The molecule has 2 rings (SSSR count). The third kappa shape index (κ3) is 3.26. The Balaban J connectivity index is 2.24. The van der Waals surface area contributed by atoms with Gasteiger partial charge in [-0.15, -0.1) is 0 Å². The zero-order valence-corrected chi connectivity index (χ0v) is 13.7. The van der Waals surface area contributed by atoms with Crippen molar-refractivity contribution in [1.29, 1.82) is 0 Å². The number of hydrogen-bond donors (Lipinski definition) is 1. The number of nitrogens with two attached hydrogens (primary N) is 1. The monoisotopic (exact) mass is 342 g/mol. The molecular weight excluding hydrogens is 324 g/mol. The predicted molar refractivity (Wildman–Crippen MR) is 85.7 cm³/mol. The third-order valence-corrected chi connectivity index (χ3v) is 5.35. The van der Waals surface area contributed by atoms with Gasteiger partial charge in [-0.3, -0.25) is 4.79 Å². The molecule has 0 aliphatic carbocycles. The standard InChI is InChI=1S/C14H19BrN2OS/c1-3-11-8-17(4-5-19-11)14(18)12-6-10(15)7-13(16)9(12)2/h6-7,11H,3-5,8,16H2,1-2H3. The largest absolute Gasteiger partial charge is 0.398 e. The summed E-state index contributed by atoms with van der Waals surface area (Å²) in [6.07, 6.45) is 1.11. The minimum Gasteiger partial charge on any atom is -0.398 e. The highest BCUT2D eigenvalue weighted by Crippen LogP contribution is 2.27. The molecule has 5 heteroatoms. The molecule has 0 spiro atoms. The fourth-order valence-corrected chi connectivity index (χ4v) is 3.90. The Labute approximate surface area is 127 Å². The average Bonchev–Trinajstić information content (AvgIpc) is 2.42. The van der Waals surface area contributed by atoms with Crippen LogP contribution in [0.5, 0.6) is 0 Å². The van der Waals surface area contributed by atoms with E-state index in [1.807, 2.05) is 35.7 Å². The average molecular weight is 343 g/mol. The van der Waals surface area contributed by atoms with Crippen molar-refractivity contribution in [1.82, 2.24) is 4.90 Å². The summed E-state index contributed by atoms with van der Waals surface area (Å²) in [5.41, 5.74) is 8.19. The molecule has 0 aromatic heterocycles. The van der Waals surface area contributed by atoms with Gasteiger partial charge in [-0.1, -0.05) is 22.9 Å². The molecule has 0 saturated carbocycles. The summed E-state index contributed by atoms with van der Waals surface area (Å²) in [5.74, 6) is 1.12. The van der Waals surface area contributed by atoms with E-state index >= 15 is 0 Å². The zero-order chi connectivity index (χ0) is 14.0. The number of carbonyl (C=O) groups is 1. The Morgan fingerprint density at radius 1 is 1.58 bits per heavy atom. The van der Waals surface area contributed by atoms with Crippen LogP contribution in [0.15, 0.2) is 16.6 Å². The highest BCUT2D eigenvalue weighted by Gasteiger charge is 2.25. The summed E-state index contributed by atoms with van der Waals surface area (Å²) in [5, 5.41) is 0.558. The van der Waals surface area contributed by atoms with Crippen LogP contribution in [0.1, 0.15) is 29.3 Å². The van der Waals surface area contributed by atoms with Gasteiger partial charge in [-0.25, -0.2) is 0 Å². The predicted octanol–water partition coefficient (Wildman–Crippen LogP) is 3.31. The highest BCUT2D eigenvalue weighted by molar-refractivity contribution is 9.10. The SMILES string of the molecule is CCC1CN(C(=O)c2cc(Br)cc(N)c2C)CCS1. The van der Waals surface area contributed by atoms with Gasteiger partial charge < -0.3 is 10.6 Å². The molecule has 1 saturated heterocycles. The number of rotatable bonds is 2. The summed E-state index contributed by atoms with van der Waals surface area (Å²) < 4.78 is 0.859. The Morgan fingerprint density at radius 2 is 2.32 bits per heavy atom. The highest BCUT2D eigenvalue weighted by atomic mass is 79.9. The van der Waals surface area contributed by atoms with Crippen LogP contribution in [0, 0.1) is 6.92 Å². The second-order valence-electron chi connectivity index (χ2n) is 4.82. The van der Waals surface area contributed by atoms with Crippen molar-refractivity contribution in [3.05, 3.63) is 27.7 Å². The van der Waals surface area contributed by atoms with Gasteiger partial charge in [0.2, 0.25) is 0 Å². The topological polar surface area (TPSA) is 46.3 Å². The molecule has 1 aromatic rings. The summed E-state index contributed by atoms with van der Waals surface area (Å²) in [4.78, 5) is 14.6. The van der Waals surface area contributed by atoms with E-state index in [0.717, 1.165) is 35.3 Å². The van der Waals surface area contributed by atoms with Gasteiger partial charge in [0.15, 0.2) is 0 Å². The first-order valence-corrected chi connectivity index (χ1v) is 8.33. The minimum absolute atomic E-state index is 0.101. The van der Waals surface area contributed by atoms with Crippen LogP contribution in [-0.2, 0) is 0 Å². The number of thioether (sulfide) groups is 1. The lowest BCUT2D eigenvalue weighted by molar-refractivity contribution is 0.0760. The third-order valence-electron chi connectivity index (χ3n) is 3.52. The quantitative estimate of drug-likeness (QED) is 0.838. The van der Waals surface area contributed by atoms with E-state index in [0.29, 0.717) is 16.5 Å². The molecule has 1 heterocycles. The normalized spacial score (nSPS) is 19.5. The maximum Gasteiger partial charge on any atom is 0.254 e. The molecule has 1 unspecified atom stereocenters. The fraction of sp³-hybridized carbons (Fsp3) is 0.500. The first kappa shape index (κ1) is 14.7. The van der Waals surface area contributed by atoms with Gasteiger partial charge in [0, 0.05) is 39.8 Å². The molecule has 1 amide bonds. The molecule has 1 aliphatic rings. The first-order valence-electron chi connectivity index (χ1n) is 6.49. The van der Waals surface area contributed by atoms with E-state index in [1.54, 1.807) is 0 Å². The number of halogens is 1. The molecule has 1 atom stereocenters. The van der Waals surface area contributed by atoms with Gasteiger partial charge in [-0.2, -0.15) is 11.8 Å². The van der Waals surface area contributed by atoms with E-state index < -0.39 is 0 Å². The number of hydrogen-bond acceptors (Lipinski definition) is 3. The lowest BCUT2D eigenvalue weighted by Gasteiger charge is -2.32. The molecule has 2 N–H and O–H groups in total. The number of anilines is 1. The van der Waals surface area contributed by atoms with Crippen molar-refractivity contribution in [2.45, 2.75) is 25.5 Å². The molecule has 3 nitrogen and oxygen atoms in total. The van der Waals surface area contributed by atoms with Crippen LogP contribution in [0.25, 0.3) is 0 Å². The Kier molecular flexibility index (Phi) is 4.79. The summed E-state index contributed by atoms with van der Waals surface area (Å²) >= 11 is 5.37. The van der Waals surface area contributed by atoms with Crippen LogP contribution in [0.3, 0.4) is 0 Å². The molecule has 1 aliphatic heterocycles. The van der Waals surface area contributed by atoms with E-state index in [1.165, 1.54) is 0 Å². The van der Waals surface area contributed by atoms with Crippen molar-refractivity contribution in [3.63, 3.8) is 0 Å². The molecule has 0 radical (unpaired) electrons. The summed E-state index contributed by atoms with van der Waals surface area (Å²) in [6, 6.07) is 3.71. The van der Waals surface area contributed by atoms with Crippen molar-refractivity contribution in [2.24, 2.45) is 0 Å². The Morgan fingerprint density at radius 3 is 3.00 bits per heavy atom. The van der Waals surface area contributed by atoms with Crippen LogP contribution in [-0.4, -0.2) is 34.9 Å². The maximum atomic E-state index is 12.6.